The maximum atomic E-state index is 5.66. The fraction of sp³-hybridized carbons (Fsp3) is 0.375. The Bertz CT molecular complexity index is 519. The normalized spacial score (nSPS) is 11.2. The topological polar surface area (TPSA) is 42.4 Å². The first-order valence-electron chi connectivity index (χ1n) is 6.69. The van der Waals surface area contributed by atoms with Gasteiger partial charge in [-0.3, -0.25) is 4.90 Å². The van der Waals surface area contributed by atoms with Crippen LogP contribution in [0.5, 0.6) is 0 Å². The SMILES string of the molecule is Cc1ccc(CN(C)Cc2ccccc2CCN)o1. The fourth-order valence-corrected chi connectivity index (χ4v) is 2.29. The molecule has 1 heterocycles. The van der Waals surface area contributed by atoms with Crippen LogP contribution in [-0.2, 0) is 19.5 Å². The van der Waals surface area contributed by atoms with Crippen LogP contribution in [0.4, 0.5) is 0 Å². The van der Waals surface area contributed by atoms with Crippen molar-refractivity contribution in [1.82, 2.24) is 4.90 Å². The van der Waals surface area contributed by atoms with E-state index in [1.165, 1.54) is 11.1 Å². The highest BCUT2D eigenvalue weighted by Crippen LogP contribution is 2.14. The van der Waals surface area contributed by atoms with E-state index in [-0.39, 0.29) is 0 Å². The molecule has 1 aromatic carbocycles. The van der Waals surface area contributed by atoms with Crippen molar-refractivity contribution in [3.63, 3.8) is 0 Å². The Hall–Kier alpha value is -1.58. The Morgan fingerprint density at radius 3 is 2.42 bits per heavy atom. The molecule has 3 heteroatoms. The largest absolute Gasteiger partial charge is 0.465 e. The molecule has 0 saturated heterocycles. The number of furan rings is 1. The molecule has 1 aromatic heterocycles. The standard InChI is InChI=1S/C16H22N2O/c1-13-7-8-16(19-13)12-18(2)11-15-6-4-3-5-14(15)9-10-17/h3-8H,9-12,17H2,1-2H3. The number of hydrogen-bond donors (Lipinski definition) is 1. The minimum Gasteiger partial charge on any atom is -0.465 e. The first kappa shape index (κ1) is 13.8. The van der Waals surface area contributed by atoms with Crippen LogP contribution in [0.2, 0.25) is 0 Å². The van der Waals surface area contributed by atoms with Crippen molar-refractivity contribution in [3.05, 3.63) is 59.0 Å². The summed E-state index contributed by atoms with van der Waals surface area (Å²) in [4.78, 5) is 2.26. The zero-order valence-electron chi connectivity index (χ0n) is 11.7. The molecule has 0 aliphatic rings. The van der Waals surface area contributed by atoms with E-state index in [0.29, 0.717) is 6.54 Å². The quantitative estimate of drug-likeness (QED) is 0.866. The molecule has 0 aliphatic carbocycles. The van der Waals surface area contributed by atoms with Crippen molar-refractivity contribution in [2.45, 2.75) is 26.4 Å². The Balaban J connectivity index is 2.00. The summed E-state index contributed by atoms with van der Waals surface area (Å²) < 4.78 is 5.61. The lowest BCUT2D eigenvalue weighted by Gasteiger charge is -2.17. The molecule has 102 valence electrons. The highest BCUT2D eigenvalue weighted by atomic mass is 16.3. The van der Waals surface area contributed by atoms with Gasteiger partial charge in [-0.25, -0.2) is 0 Å². The zero-order valence-corrected chi connectivity index (χ0v) is 11.7. The zero-order chi connectivity index (χ0) is 13.7. The van der Waals surface area contributed by atoms with Crippen LogP contribution in [-0.4, -0.2) is 18.5 Å². The summed E-state index contributed by atoms with van der Waals surface area (Å²) in [7, 11) is 2.11. The second kappa shape index (κ2) is 6.55. The third-order valence-electron chi connectivity index (χ3n) is 3.19. The van der Waals surface area contributed by atoms with E-state index in [9.17, 15) is 0 Å². The van der Waals surface area contributed by atoms with Gasteiger partial charge in [0.15, 0.2) is 0 Å². The van der Waals surface area contributed by atoms with Gasteiger partial charge in [-0.2, -0.15) is 0 Å². The summed E-state index contributed by atoms with van der Waals surface area (Å²) in [6, 6.07) is 12.5. The Labute approximate surface area is 115 Å². The molecule has 2 rings (SSSR count). The van der Waals surface area contributed by atoms with Crippen LogP contribution >= 0.6 is 0 Å². The molecular formula is C16H22N2O. The molecule has 0 aliphatic heterocycles. The van der Waals surface area contributed by atoms with Crippen molar-refractivity contribution < 1.29 is 4.42 Å². The van der Waals surface area contributed by atoms with Crippen LogP contribution in [0.15, 0.2) is 40.8 Å². The van der Waals surface area contributed by atoms with Crippen LogP contribution in [0.25, 0.3) is 0 Å². The van der Waals surface area contributed by atoms with Gasteiger partial charge in [0.1, 0.15) is 11.5 Å². The van der Waals surface area contributed by atoms with E-state index < -0.39 is 0 Å². The first-order valence-corrected chi connectivity index (χ1v) is 6.69. The molecular weight excluding hydrogens is 236 g/mol. The summed E-state index contributed by atoms with van der Waals surface area (Å²) in [5, 5.41) is 0. The summed E-state index contributed by atoms with van der Waals surface area (Å²) in [6.45, 7) is 4.40. The van der Waals surface area contributed by atoms with E-state index in [1.807, 2.05) is 19.1 Å². The molecule has 0 saturated carbocycles. The molecule has 19 heavy (non-hydrogen) atoms. The van der Waals surface area contributed by atoms with Crippen molar-refractivity contribution >= 4 is 0 Å². The van der Waals surface area contributed by atoms with E-state index in [2.05, 4.69) is 36.2 Å². The summed E-state index contributed by atoms with van der Waals surface area (Å²) in [5.74, 6) is 1.98. The summed E-state index contributed by atoms with van der Waals surface area (Å²) in [5.41, 5.74) is 8.34. The van der Waals surface area contributed by atoms with E-state index in [0.717, 1.165) is 31.0 Å². The Morgan fingerprint density at radius 2 is 1.79 bits per heavy atom. The third kappa shape index (κ3) is 3.94. The van der Waals surface area contributed by atoms with Crippen LogP contribution in [0.3, 0.4) is 0 Å². The number of rotatable bonds is 6. The van der Waals surface area contributed by atoms with Crippen LogP contribution < -0.4 is 5.73 Å². The smallest absolute Gasteiger partial charge is 0.118 e. The van der Waals surface area contributed by atoms with Gasteiger partial charge in [-0.05, 0) is 50.2 Å². The van der Waals surface area contributed by atoms with E-state index in [1.54, 1.807) is 0 Å². The minimum absolute atomic E-state index is 0.693. The molecule has 0 spiro atoms. The molecule has 0 radical (unpaired) electrons. The molecule has 0 atom stereocenters. The van der Waals surface area contributed by atoms with Gasteiger partial charge >= 0.3 is 0 Å². The highest BCUT2D eigenvalue weighted by molar-refractivity contribution is 5.27. The van der Waals surface area contributed by atoms with Crippen molar-refractivity contribution in [2.24, 2.45) is 5.73 Å². The first-order chi connectivity index (χ1) is 9.19. The van der Waals surface area contributed by atoms with Crippen molar-refractivity contribution in [3.8, 4) is 0 Å². The van der Waals surface area contributed by atoms with Gasteiger partial charge in [0.2, 0.25) is 0 Å². The molecule has 2 N–H and O–H groups in total. The highest BCUT2D eigenvalue weighted by Gasteiger charge is 2.07. The third-order valence-corrected chi connectivity index (χ3v) is 3.19. The van der Waals surface area contributed by atoms with Crippen molar-refractivity contribution in [1.29, 1.82) is 0 Å². The summed E-state index contributed by atoms with van der Waals surface area (Å²) in [6.07, 6.45) is 0.934. The number of aryl methyl sites for hydroxylation is 1. The van der Waals surface area contributed by atoms with Crippen LogP contribution in [0.1, 0.15) is 22.6 Å². The van der Waals surface area contributed by atoms with E-state index >= 15 is 0 Å². The maximum Gasteiger partial charge on any atom is 0.118 e. The van der Waals surface area contributed by atoms with Gasteiger partial charge in [-0.1, -0.05) is 24.3 Å². The number of hydrogen-bond acceptors (Lipinski definition) is 3. The summed E-state index contributed by atoms with van der Waals surface area (Å²) >= 11 is 0. The second-order valence-electron chi connectivity index (χ2n) is 4.99. The second-order valence-corrected chi connectivity index (χ2v) is 4.99. The lowest BCUT2D eigenvalue weighted by Crippen LogP contribution is -2.18. The van der Waals surface area contributed by atoms with Gasteiger partial charge in [0, 0.05) is 6.54 Å². The molecule has 0 bridgehead atoms. The Kier molecular flexibility index (Phi) is 4.77. The predicted molar refractivity (Wildman–Crippen MR) is 77.8 cm³/mol. The number of benzene rings is 1. The minimum atomic E-state index is 0.693. The van der Waals surface area contributed by atoms with Crippen molar-refractivity contribution in [2.75, 3.05) is 13.6 Å². The maximum absolute atomic E-state index is 5.66. The Morgan fingerprint density at radius 1 is 1.05 bits per heavy atom. The molecule has 3 nitrogen and oxygen atoms in total. The average molecular weight is 258 g/mol. The van der Waals surface area contributed by atoms with E-state index in [4.69, 9.17) is 10.2 Å². The predicted octanol–water partition coefficient (Wildman–Crippen LogP) is 2.72. The number of nitrogens with zero attached hydrogens (tertiary/aromatic N) is 1. The van der Waals surface area contributed by atoms with Gasteiger partial charge in [-0.15, -0.1) is 0 Å². The monoisotopic (exact) mass is 258 g/mol. The fourth-order valence-electron chi connectivity index (χ4n) is 2.29. The molecule has 0 fully saturated rings. The molecule has 0 unspecified atom stereocenters. The van der Waals surface area contributed by atoms with Gasteiger partial charge in [0.25, 0.3) is 0 Å². The average Bonchev–Trinajstić information content (AvgIpc) is 2.77. The lowest BCUT2D eigenvalue weighted by molar-refractivity contribution is 0.284. The lowest BCUT2D eigenvalue weighted by atomic mass is 10.0. The number of nitrogens with two attached hydrogens (primary N) is 1. The molecule has 0 amide bonds. The van der Waals surface area contributed by atoms with Gasteiger partial charge in [0.05, 0.1) is 6.54 Å². The van der Waals surface area contributed by atoms with Gasteiger partial charge < -0.3 is 10.2 Å². The van der Waals surface area contributed by atoms with Crippen LogP contribution in [0, 0.1) is 6.92 Å². The molecule has 2 aromatic rings.